The molecule has 0 aliphatic carbocycles. The van der Waals surface area contributed by atoms with Crippen molar-refractivity contribution in [3.63, 3.8) is 0 Å². The summed E-state index contributed by atoms with van der Waals surface area (Å²) in [5.74, 6) is 0. The molecule has 1 saturated heterocycles. The fraction of sp³-hybridized carbons (Fsp3) is 0.556. The average molecular weight is 287 g/mol. The number of piperazine rings is 1. The first kappa shape index (κ1) is 16.1. The summed E-state index contributed by atoms with van der Waals surface area (Å²) in [6, 6.07) is 11.2. The Morgan fingerprint density at radius 2 is 1.86 bits per heavy atom. The molecule has 0 amide bonds. The normalized spacial score (nSPS) is 17.7. The third-order valence-corrected chi connectivity index (χ3v) is 4.47. The van der Waals surface area contributed by atoms with Crippen molar-refractivity contribution in [1.82, 2.24) is 15.1 Å². The van der Waals surface area contributed by atoms with Gasteiger partial charge in [0, 0.05) is 37.9 Å². The lowest BCUT2D eigenvalue weighted by atomic mass is 10.0. The Labute approximate surface area is 129 Å². The van der Waals surface area contributed by atoms with Crippen molar-refractivity contribution in [3.05, 3.63) is 48.2 Å². The van der Waals surface area contributed by atoms with Gasteiger partial charge in [0.2, 0.25) is 0 Å². The summed E-state index contributed by atoms with van der Waals surface area (Å²) in [7, 11) is 4.25. The second-order valence-corrected chi connectivity index (χ2v) is 6.07. The van der Waals surface area contributed by atoms with E-state index in [2.05, 4.69) is 66.1 Å². The van der Waals surface area contributed by atoms with Crippen LogP contribution < -0.4 is 5.32 Å². The highest BCUT2D eigenvalue weighted by atomic mass is 15.2. The van der Waals surface area contributed by atoms with E-state index in [0.29, 0.717) is 6.04 Å². The van der Waals surface area contributed by atoms with Crippen molar-refractivity contribution in [3.8, 4) is 0 Å². The summed E-state index contributed by atoms with van der Waals surface area (Å²) in [4.78, 5) is 4.84. The number of hydrogen-bond donors (Lipinski definition) is 1. The van der Waals surface area contributed by atoms with Gasteiger partial charge in [-0.05, 0) is 38.9 Å². The van der Waals surface area contributed by atoms with E-state index in [0.717, 1.165) is 45.4 Å². The number of allylic oxidation sites excluding steroid dienone is 1. The monoisotopic (exact) mass is 287 g/mol. The molecule has 2 rings (SSSR count). The first-order valence-electron chi connectivity index (χ1n) is 8.01. The lowest BCUT2D eigenvalue weighted by Crippen LogP contribution is -2.43. The molecule has 1 aliphatic heterocycles. The van der Waals surface area contributed by atoms with E-state index in [1.165, 1.54) is 11.3 Å². The SMILES string of the molecule is C=C(CCC(Cc1ccccc1)NC)N1CCN(C)CC1. The highest BCUT2D eigenvalue weighted by molar-refractivity contribution is 5.16. The predicted octanol–water partition coefficient (Wildman–Crippen LogP) is 2.36. The Hall–Kier alpha value is -1.32. The van der Waals surface area contributed by atoms with Gasteiger partial charge in [-0.3, -0.25) is 0 Å². The Balaban J connectivity index is 1.76. The molecule has 0 bridgehead atoms. The minimum atomic E-state index is 0.525. The molecule has 116 valence electrons. The number of rotatable bonds is 7. The average Bonchev–Trinajstić information content (AvgIpc) is 2.52. The second-order valence-electron chi connectivity index (χ2n) is 6.07. The maximum Gasteiger partial charge on any atom is 0.0303 e. The van der Waals surface area contributed by atoms with Crippen LogP contribution in [0.1, 0.15) is 18.4 Å². The van der Waals surface area contributed by atoms with Crippen LogP contribution in [0.2, 0.25) is 0 Å². The number of likely N-dealkylation sites (N-methyl/N-ethyl adjacent to an activating group) is 2. The Bertz CT molecular complexity index is 421. The first-order valence-corrected chi connectivity index (χ1v) is 8.01. The van der Waals surface area contributed by atoms with Crippen molar-refractivity contribution in [1.29, 1.82) is 0 Å². The number of nitrogens with one attached hydrogen (secondary N) is 1. The Morgan fingerprint density at radius 1 is 1.19 bits per heavy atom. The fourth-order valence-electron chi connectivity index (χ4n) is 2.87. The molecule has 1 aromatic carbocycles. The Kier molecular flexibility index (Phi) is 6.27. The van der Waals surface area contributed by atoms with Gasteiger partial charge in [-0.2, -0.15) is 0 Å². The molecule has 3 heteroatoms. The van der Waals surface area contributed by atoms with Crippen LogP contribution in [-0.2, 0) is 6.42 Å². The maximum atomic E-state index is 4.30. The highest BCUT2D eigenvalue weighted by Gasteiger charge is 2.16. The molecule has 21 heavy (non-hydrogen) atoms. The van der Waals surface area contributed by atoms with Crippen LogP contribution in [0.15, 0.2) is 42.6 Å². The minimum absolute atomic E-state index is 0.525. The zero-order valence-electron chi connectivity index (χ0n) is 13.5. The van der Waals surface area contributed by atoms with Crippen LogP contribution in [-0.4, -0.2) is 56.1 Å². The molecule has 0 saturated carbocycles. The van der Waals surface area contributed by atoms with Gasteiger partial charge in [0.05, 0.1) is 0 Å². The molecule has 3 nitrogen and oxygen atoms in total. The standard InChI is InChI=1S/C18H29N3/c1-16(21-13-11-20(3)12-14-21)9-10-18(19-2)15-17-7-5-4-6-8-17/h4-8,18-19H,1,9-15H2,2-3H3. The maximum absolute atomic E-state index is 4.30. The van der Waals surface area contributed by atoms with Gasteiger partial charge in [0.25, 0.3) is 0 Å². The Morgan fingerprint density at radius 3 is 2.48 bits per heavy atom. The lowest BCUT2D eigenvalue weighted by molar-refractivity contribution is 0.181. The predicted molar refractivity (Wildman–Crippen MR) is 90.4 cm³/mol. The van der Waals surface area contributed by atoms with E-state index in [9.17, 15) is 0 Å². The van der Waals surface area contributed by atoms with Crippen LogP contribution in [0.4, 0.5) is 0 Å². The van der Waals surface area contributed by atoms with Crippen molar-refractivity contribution < 1.29 is 0 Å². The summed E-state index contributed by atoms with van der Waals surface area (Å²) < 4.78 is 0. The van der Waals surface area contributed by atoms with Gasteiger partial charge in [-0.25, -0.2) is 0 Å². The fourth-order valence-corrected chi connectivity index (χ4v) is 2.87. The van der Waals surface area contributed by atoms with E-state index in [4.69, 9.17) is 0 Å². The second kappa shape index (κ2) is 8.20. The van der Waals surface area contributed by atoms with E-state index >= 15 is 0 Å². The molecule has 1 aromatic rings. The smallest absolute Gasteiger partial charge is 0.0303 e. The van der Waals surface area contributed by atoms with E-state index in [1.54, 1.807) is 0 Å². The molecule has 0 radical (unpaired) electrons. The van der Waals surface area contributed by atoms with Gasteiger partial charge in [0.1, 0.15) is 0 Å². The molecular formula is C18H29N3. The van der Waals surface area contributed by atoms with Gasteiger partial charge in [0.15, 0.2) is 0 Å². The summed E-state index contributed by atoms with van der Waals surface area (Å²) in [5.41, 5.74) is 2.71. The molecule has 1 fully saturated rings. The summed E-state index contributed by atoms with van der Waals surface area (Å²) in [5, 5.41) is 3.45. The molecule has 1 unspecified atom stereocenters. The largest absolute Gasteiger partial charge is 0.373 e. The zero-order valence-corrected chi connectivity index (χ0v) is 13.5. The van der Waals surface area contributed by atoms with Crippen molar-refractivity contribution >= 4 is 0 Å². The topological polar surface area (TPSA) is 18.5 Å². The van der Waals surface area contributed by atoms with Gasteiger partial charge in [-0.15, -0.1) is 0 Å². The van der Waals surface area contributed by atoms with Gasteiger partial charge >= 0.3 is 0 Å². The van der Waals surface area contributed by atoms with Gasteiger partial charge < -0.3 is 15.1 Å². The zero-order chi connectivity index (χ0) is 15.1. The van der Waals surface area contributed by atoms with Crippen LogP contribution in [0.25, 0.3) is 0 Å². The van der Waals surface area contributed by atoms with Crippen LogP contribution in [0.3, 0.4) is 0 Å². The van der Waals surface area contributed by atoms with E-state index < -0.39 is 0 Å². The molecule has 1 atom stereocenters. The lowest BCUT2D eigenvalue weighted by Gasteiger charge is -2.35. The van der Waals surface area contributed by atoms with Crippen LogP contribution >= 0.6 is 0 Å². The van der Waals surface area contributed by atoms with Crippen LogP contribution in [0, 0.1) is 0 Å². The summed E-state index contributed by atoms with van der Waals surface area (Å²) in [6.07, 6.45) is 3.33. The van der Waals surface area contributed by atoms with E-state index in [-0.39, 0.29) is 0 Å². The molecule has 1 heterocycles. The summed E-state index contributed by atoms with van der Waals surface area (Å²) in [6.45, 7) is 8.85. The van der Waals surface area contributed by atoms with Gasteiger partial charge in [-0.1, -0.05) is 36.9 Å². The summed E-state index contributed by atoms with van der Waals surface area (Å²) >= 11 is 0. The third-order valence-electron chi connectivity index (χ3n) is 4.47. The van der Waals surface area contributed by atoms with Crippen molar-refractivity contribution in [2.75, 3.05) is 40.3 Å². The third kappa shape index (κ3) is 5.18. The molecule has 1 N–H and O–H groups in total. The van der Waals surface area contributed by atoms with Crippen LogP contribution in [0.5, 0.6) is 0 Å². The number of nitrogens with zero attached hydrogens (tertiary/aromatic N) is 2. The quantitative estimate of drug-likeness (QED) is 0.830. The molecular weight excluding hydrogens is 258 g/mol. The van der Waals surface area contributed by atoms with Crippen molar-refractivity contribution in [2.45, 2.75) is 25.3 Å². The number of hydrogen-bond acceptors (Lipinski definition) is 3. The molecule has 0 spiro atoms. The van der Waals surface area contributed by atoms with Crippen molar-refractivity contribution in [2.24, 2.45) is 0 Å². The van der Waals surface area contributed by atoms with E-state index in [1.807, 2.05) is 0 Å². The minimum Gasteiger partial charge on any atom is -0.373 e. The highest BCUT2D eigenvalue weighted by Crippen LogP contribution is 2.15. The first-order chi connectivity index (χ1) is 10.2. The number of benzene rings is 1. The molecule has 0 aromatic heterocycles. The molecule has 1 aliphatic rings.